The lowest BCUT2D eigenvalue weighted by Crippen LogP contribution is -2.24. The van der Waals surface area contributed by atoms with Crippen LogP contribution in [0.25, 0.3) is 10.8 Å². The molecule has 0 aliphatic heterocycles. The van der Waals surface area contributed by atoms with E-state index in [4.69, 9.17) is 4.74 Å². The molecule has 0 heterocycles. The minimum atomic E-state index is 0.00432. The minimum Gasteiger partial charge on any atom is -0.497 e. The monoisotopic (exact) mass is 257 g/mol. The average molecular weight is 257 g/mol. The van der Waals surface area contributed by atoms with E-state index in [2.05, 4.69) is 42.6 Å². The first-order chi connectivity index (χ1) is 9.11. The summed E-state index contributed by atoms with van der Waals surface area (Å²) in [4.78, 5) is 11.0. The molecule has 0 bridgehead atoms. The molecule has 3 heteroatoms. The SMILES string of the molecule is COc1ccc2cccc(C(C)CNC(C)=O)c2c1. The Balaban J connectivity index is 2.38. The van der Waals surface area contributed by atoms with E-state index in [9.17, 15) is 4.79 Å². The molecule has 2 aromatic rings. The zero-order valence-corrected chi connectivity index (χ0v) is 11.6. The van der Waals surface area contributed by atoms with Crippen molar-refractivity contribution in [1.29, 1.82) is 0 Å². The Hall–Kier alpha value is -2.03. The largest absolute Gasteiger partial charge is 0.497 e. The summed E-state index contributed by atoms with van der Waals surface area (Å²) in [5, 5.41) is 5.24. The van der Waals surface area contributed by atoms with E-state index in [-0.39, 0.29) is 11.8 Å². The number of methoxy groups -OCH3 is 1. The number of ether oxygens (including phenoxy) is 1. The standard InChI is InChI=1S/C16H19NO2/c1-11(10-17-12(2)18)15-6-4-5-13-7-8-14(19-3)9-16(13)15/h4-9,11H,10H2,1-3H3,(H,17,18). The van der Waals surface area contributed by atoms with E-state index in [1.165, 1.54) is 16.3 Å². The van der Waals surface area contributed by atoms with E-state index in [1.807, 2.05) is 6.07 Å². The molecular weight excluding hydrogens is 238 g/mol. The molecule has 1 amide bonds. The van der Waals surface area contributed by atoms with Crippen molar-refractivity contribution < 1.29 is 9.53 Å². The van der Waals surface area contributed by atoms with E-state index in [0.29, 0.717) is 6.54 Å². The lowest BCUT2D eigenvalue weighted by atomic mass is 9.94. The fourth-order valence-corrected chi connectivity index (χ4v) is 2.24. The Morgan fingerprint density at radius 3 is 2.79 bits per heavy atom. The summed E-state index contributed by atoms with van der Waals surface area (Å²) in [7, 11) is 1.67. The molecule has 0 aliphatic rings. The first-order valence-corrected chi connectivity index (χ1v) is 6.43. The van der Waals surface area contributed by atoms with E-state index < -0.39 is 0 Å². The summed E-state index contributed by atoms with van der Waals surface area (Å²) in [5.74, 6) is 1.12. The number of fused-ring (bicyclic) bond motifs is 1. The summed E-state index contributed by atoms with van der Waals surface area (Å²) in [6.07, 6.45) is 0. The smallest absolute Gasteiger partial charge is 0.216 e. The van der Waals surface area contributed by atoms with Gasteiger partial charge in [0.25, 0.3) is 0 Å². The maximum absolute atomic E-state index is 11.0. The number of carbonyl (C=O) groups excluding carboxylic acids is 1. The van der Waals surface area contributed by atoms with E-state index in [0.717, 1.165) is 5.75 Å². The molecule has 0 saturated carbocycles. The molecule has 1 N–H and O–H groups in total. The molecule has 0 radical (unpaired) electrons. The highest BCUT2D eigenvalue weighted by atomic mass is 16.5. The number of hydrogen-bond donors (Lipinski definition) is 1. The molecule has 3 nitrogen and oxygen atoms in total. The van der Waals surface area contributed by atoms with Gasteiger partial charge >= 0.3 is 0 Å². The second-order valence-corrected chi connectivity index (χ2v) is 4.77. The molecule has 1 atom stereocenters. The molecule has 1 unspecified atom stereocenters. The molecule has 0 spiro atoms. The number of nitrogens with one attached hydrogen (secondary N) is 1. The minimum absolute atomic E-state index is 0.00432. The van der Waals surface area contributed by atoms with Crippen LogP contribution < -0.4 is 10.1 Å². The zero-order valence-electron chi connectivity index (χ0n) is 11.6. The van der Waals surface area contributed by atoms with Gasteiger partial charge in [0.15, 0.2) is 0 Å². The second-order valence-electron chi connectivity index (χ2n) is 4.77. The molecule has 19 heavy (non-hydrogen) atoms. The van der Waals surface area contributed by atoms with Crippen LogP contribution in [0, 0.1) is 0 Å². The van der Waals surface area contributed by atoms with Crippen LogP contribution in [-0.4, -0.2) is 19.6 Å². The first kappa shape index (κ1) is 13.4. The maximum Gasteiger partial charge on any atom is 0.216 e. The van der Waals surface area contributed by atoms with Gasteiger partial charge in [-0.3, -0.25) is 4.79 Å². The predicted molar refractivity (Wildman–Crippen MR) is 77.6 cm³/mol. The van der Waals surface area contributed by atoms with Crippen LogP contribution in [-0.2, 0) is 4.79 Å². The molecular formula is C16H19NO2. The summed E-state index contributed by atoms with van der Waals surface area (Å²) in [6, 6.07) is 12.3. The number of benzene rings is 2. The normalized spacial score (nSPS) is 12.2. The van der Waals surface area contributed by atoms with Gasteiger partial charge in [-0.1, -0.05) is 31.2 Å². The average Bonchev–Trinajstić information content (AvgIpc) is 2.43. The number of carbonyl (C=O) groups is 1. The van der Waals surface area contributed by atoms with Crippen LogP contribution in [0.15, 0.2) is 36.4 Å². The molecule has 0 aliphatic carbocycles. The third-order valence-electron chi connectivity index (χ3n) is 3.31. The number of amides is 1. The summed E-state index contributed by atoms with van der Waals surface area (Å²) >= 11 is 0. The van der Waals surface area contributed by atoms with Gasteiger partial charge in [-0.25, -0.2) is 0 Å². The van der Waals surface area contributed by atoms with E-state index >= 15 is 0 Å². The Morgan fingerprint density at radius 1 is 1.32 bits per heavy atom. The number of hydrogen-bond acceptors (Lipinski definition) is 2. The quantitative estimate of drug-likeness (QED) is 0.914. The topological polar surface area (TPSA) is 38.3 Å². The van der Waals surface area contributed by atoms with Crippen LogP contribution in [0.5, 0.6) is 5.75 Å². The van der Waals surface area contributed by atoms with Gasteiger partial charge in [0.05, 0.1) is 7.11 Å². The summed E-state index contributed by atoms with van der Waals surface area (Å²) in [6.45, 7) is 4.30. The van der Waals surface area contributed by atoms with Crippen molar-refractivity contribution in [2.45, 2.75) is 19.8 Å². The lowest BCUT2D eigenvalue weighted by Gasteiger charge is -2.15. The molecule has 0 aromatic heterocycles. The molecule has 100 valence electrons. The zero-order chi connectivity index (χ0) is 13.8. The van der Waals surface area contributed by atoms with Crippen molar-refractivity contribution in [3.8, 4) is 5.75 Å². The van der Waals surface area contributed by atoms with Crippen LogP contribution in [0.2, 0.25) is 0 Å². The Morgan fingerprint density at radius 2 is 2.11 bits per heavy atom. The molecule has 2 rings (SSSR count). The fourth-order valence-electron chi connectivity index (χ4n) is 2.24. The van der Waals surface area contributed by atoms with Gasteiger partial charge in [0, 0.05) is 13.5 Å². The summed E-state index contributed by atoms with van der Waals surface area (Å²) in [5.41, 5.74) is 1.23. The van der Waals surface area contributed by atoms with Crippen LogP contribution in [0.1, 0.15) is 25.3 Å². The van der Waals surface area contributed by atoms with Crippen molar-refractivity contribution in [2.24, 2.45) is 0 Å². The third-order valence-corrected chi connectivity index (χ3v) is 3.31. The Labute approximate surface area is 113 Å². The lowest BCUT2D eigenvalue weighted by molar-refractivity contribution is -0.119. The Bertz CT molecular complexity index is 592. The van der Waals surface area contributed by atoms with Crippen LogP contribution in [0.3, 0.4) is 0 Å². The van der Waals surface area contributed by atoms with E-state index in [1.54, 1.807) is 14.0 Å². The first-order valence-electron chi connectivity index (χ1n) is 6.43. The maximum atomic E-state index is 11.0. The molecule has 0 fully saturated rings. The predicted octanol–water partition coefficient (Wildman–Crippen LogP) is 3.09. The van der Waals surface area contributed by atoms with Crippen molar-refractivity contribution >= 4 is 16.7 Å². The molecule has 2 aromatic carbocycles. The number of rotatable bonds is 4. The van der Waals surface area contributed by atoms with Crippen LogP contribution >= 0.6 is 0 Å². The van der Waals surface area contributed by atoms with Crippen LogP contribution in [0.4, 0.5) is 0 Å². The van der Waals surface area contributed by atoms with Crippen molar-refractivity contribution in [3.05, 3.63) is 42.0 Å². The highest BCUT2D eigenvalue weighted by Gasteiger charge is 2.10. The van der Waals surface area contributed by atoms with Gasteiger partial charge in [-0.05, 0) is 34.4 Å². The summed E-state index contributed by atoms with van der Waals surface area (Å²) < 4.78 is 5.29. The van der Waals surface area contributed by atoms with Crippen molar-refractivity contribution in [2.75, 3.05) is 13.7 Å². The molecule has 0 saturated heterocycles. The van der Waals surface area contributed by atoms with Gasteiger partial charge < -0.3 is 10.1 Å². The van der Waals surface area contributed by atoms with Gasteiger partial charge in [-0.15, -0.1) is 0 Å². The van der Waals surface area contributed by atoms with Crippen molar-refractivity contribution in [3.63, 3.8) is 0 Å². The van der Waals surface area contributed by atoms with Crippen molar-refractivity contribution in [1.82, 2.24) is 5.32 Å². The highest BCUT2D eigenvalue weighted by Crippen LogP contribution is 2.28. The third kappa shape index (κ3) is 3.05. The Kier molecular flexibility index (Phi) is 4.05. The van der Waals surface area contributed by atoms with Gasteiger partial charge in [-0.2, -0.15) is 0 Å². The highest BCUT2D eigenvalue weighted by molar-refractivity contribution is 5.87. The van der Waals surface area contributed by atoms with Gasteiger partial charge in [0.2, 0.25) is 5.91 Å². The fraction of sp³-hybridized carbons (Fsp3) is 0.312. The second kappa shape index (κ2) is 5.74. The van der Waals surface area contributed by atoms with Gasteiger partial charge in [0.1, 0.15) is 5.75 Å².